The zero-order chi connectivity index (χ0) is 13.3. The van der Waals surface area contributed by atoms with E-state index in [1.807, 2.05) is 6.92 Å². The summed E-state index contributed by atoms with van der Waals surface area (Å²) in [6.45, 7) is 1.85. The van der Waals surface area contributed by atoms with E-state index in [1.54, 1.807) is 18.2 Å². The van der Waals surface area contributed by atoms with E-state index in [-0.39, 0.29) is 5.56 Å². The quantitative estimate of drug-likeness (QED) is 0.875. The Labute approximate surface area is 109 Å². The van der Waals surface area contributed by atoms with E-state index in [0.717, 1.165) is 17.2 Å². The summed E-state index contributed by atoms with van der Waals surface area (Å²) in [4.78, 5) is 0. The van der Waals surface area contributed by atoms with Gasteiger partial charge in [0.1, 0.15) is 11.6 Å². The Balaban J connectivity index is 2.41. The molecule has 0 spiro atoms. The number of benzene rings is 2. The fourth-order valence-electron chi connectivity index (χ4n) is 1.79. The largest absolute Gasteiger partial charge is 0.320 e. The monoisotopic (exact) mass is 267 g/mol. The van der Waals surface area contributed by atoms with Gasteiger partial charge in [-0.25, -0.2) is 8.78 Å². The first kappa shape index (κ1) is 13.0. The molecule has 0 aliphatic carbocycles. The van der Waals surface area contributed by atoms with Crippen LogP contribution in [0.3, 0.4) is 0 Å². The number of nitrogens with two attached hydrogens (primary N) is 1. The molecule has 0 aliphatic rings. The Morgan fingerprint density at radius 3 is 2.44 bits per heavy atom. The molecule has 2 rings (SSSR count). The first-order valence-corrected chi connectivity index (χ1v) is 5.83. The van der Waals surface area contributed by atoms with E-state index in [0.29, 0.717) is 5.02 Å². The zero-order valence-electron chi connectivity index (χ0n) is 9.75. The molecule has 0 aromatic heterocycles. The fourth-order valence-corrected chi connectivity index (χ4v) is 1.91. The molecule has 0 amide bonds. The Kier molecular flexibility index (Phi) is 3.64. The first-order valence-electron chi connectivity index (χ1n) is 5.45. The van der Waals surface area contributed by atoms with Gasteiger partial charge in [-0.1, -0.05) is 29.8 Å². The molecule has 0 radical (unpaired) electrons. The van der Waals surface area contributed by atoms with Crippen LogP contribution in [-0.2, 0) is 0 Å². The predicted octanol–water partition coefficient (Wildman–Crippen LogP) is 3.97. The third-order valence-corrected chi connectivity index (χ3v) is 3.26. The predicted molar refractivity (Wildman–Crippen MR) is 68.6 cm³/mol. The topological polar surface area (TPSA) is 26.0 Å². The SMILES string of the molecule is Cc1cc(C(N)c2ccc(F)cc2F)ccc1Cl. The molecule has 0 aliphatic heterocycles. The maximum absolute atomic E-state index is 13.6. The Bertz CT molecular complexity index is 584. The smallest absolute Gasteiger partial charge is 0.131 e. The lowest BCUT2D eigenvalue weighted by Gasteiger charge is -2.14. The fraction of sp³-hybridized carbons (Fsp3) is 0.143. The van der Waals surface area contributed by atoms with Gasteiger partial charge >= 0.3 is 0 Å². The van der Waals surface area contributed by atoms with Gasteiger partial charge in [0.2, 0.25) is 0 Å². The van der Waals surface area contributed by atoms with Crippen LogP contribution in [0.5, 0.6) is 0 Å². The summed E-state index contributed by atoms with van der Waals surface area (Å²) in [7, 11) is 0. The number of aryl methyl sites for hydroxylation is 1. The maximum Gasteiger partial charge on any atom is 0.131 e. The Hall–Kier alpha value is -1.45. The van der Waals surface area contributed by atoms with Gasteiger partial charge in [0, 0.05) is 16.7 Å². The summed E-state index contributed by atoms with van der Waals surface area (Å²) in [6.07, 6.45) is 0. The molecule has 94 valence electrons. The highest BCUT2D eigenvalue weighted by Crippen LogP contribution is 2.25. The van der Waals surface area contributed by atoms with E-state index >= 15 is 0 Å². The molecule has 2 aromatic rings. The van der Waals surface area contributed by atoms with Gasteiger partial charge in [-0.15, -0.1) is 0 Å². The molecule has 0 saturated carbocycles. The van der Waals surface area contributed by atoms with E-state index in [9.17, 15) is 8.78 Å². The summed E-state index contributed by atoms with van der Waals surface area (Å²) in [5, 5.41) is 0.630. The van der Waals surface area contributed by atoms with Gasteiger partial charge in [-0.05, 0) is 30.2 Å². The van der Waals surface area contributed by atoms with E-state index < -0.39 is 17.7 Å². The van der Waals surface area contributed by atoms with Crippen molar-refractivity contribution in [3.8, 4) is 0 Å². The molecular formula is C14H12ClF2N. The lowest BCUT2D eigenvalue weighted by molar-refractivity contribution is 0.566. The van der Waals surface area contributed by atoms with Gasteiger partial charge in [0.15, 0.2) is 0 Å². The minimum Gasteiger partial charge on any atom is -0.320 e. The summed E-state index contributed by atoms with van der Waals surface area (Å²) in [5.74, 6) is -1.26. The van der Waals surface area contributed by atoms with Crippen molar-refractivity contribution in [1.82, 2.24) is 0 Å². The summed E-state index contributed by atoms with van der Waals surface area (Å²) >= 11 is 5.92. The van der Waals surface area contributed by atoms with Crippen molar-refractivity contribution in [3.63, 3.8) is 0 Å². The average molecular weight is 268 g/mol. The molecule has 2 aromatic carbocycles. The molecule has 0 saturated heterocycles. The normalized spacial score (nSPS) is 12.5. The van der Waals surface area contributed by atoms with Gasteiger partial charge in [-0.3, -0.25) is 0 Å². The molecule has 2 N–H and O–H groups in total. The number of hydrogen-bond donors (Lipinski definition) is 1. The highest BCUT2D eigenvalue weighted by molar-refractivity contribution is 6.31. The molecule has 1 nitrogen and oxygen atoms in total. The van der Waals surface area contributed by atoms with Crippen molar-refractivity contribution in [2.45, 2.75) is 13.0 Å². The molecular weight excluding hydrogens is 256 g/mol. The molecule has 1 atom stereocenters. The second-order valence-corrected chi connectivity index (χ2v) is 4.56. The van der Waals surface area contributed by atoms with E-state index in [1.165, 1.54) is 12.1 Å². The van der Waals surface area contributed by atoms with Crippen LogP contribution < -0.4 is 5.73 Å². The van der Waals surface area contributed by atoms with Crippen molar-refractivity contribution in [3.05, 3.63) is 69.7 Å². The van der Waals surface area contributed by atoms with Crippen LogP contribution in [0.4, 0.5) is 8.78 Å². The lowest BCUT2D eigenvalue weighted by Crippen LogP contribution is -2.14. The number of hydrogen-bond acceptors (Lipinski definition) is 1. The number of rotatable bonds is 2. The van der Waals surface area contributed by atoms with Crippen molar-refractivity contribution in [2.24, 2.45) is 5.73 Å². The zero-order valence-corrected chi connectivity index (χ0v) is 10.5. The van der Waals surface area contributed by atoms with E-state index in [2.05, 4.69) is 0 Å². The van der Waals surface area contributed by atoms with Crippen molar-refractivity contribution >= 4 is 11.6 Å². The van der Waals surface area contributed by atoms with Gasteiger partial charge < -0.3 is 5.73 Å². The molecule has 0 bridgehead atoms. The number of halogens is 3. The molecule has 18 heavy (non-hydrogen) atoms. The molecule has 0 heterocycles. The third kappa shape index (κ3) is 2.52. The van der Waals surface area contributed by atoms with Gasteiger partial charge in [0.25, 0.3) is 0 Å². The highest BCUT2D eigenvalue weighted by atomic mass is 35.5. The third-order valence-electron chi connectivity index (χ3n) is 2.84. The summed E-state index contributed by atoms with van der Waals surface area (Å²) in [6, 6.07) is 8.01. The van der Waals surface area contributed by atoms with Gasteiger partial charge in [-0.2, -0.15) is 0 Å². The van der Waals surface area contributed by atoms with Crippen LogP contribution in [0.1, 0.15) is 22.7 Å². The standard InChI is InChI=1S/C14H12ClF2N/c1-8-6-9(2-5-12(8)15)14(18)11-4-3-10(16)7-13(11)17/h2-7,14H,18H2,1H3. The Morgan fingerprint density at radius 1 is 1.11 bits per heavy atom. The van der Waals surface area contributed by atoms with Crippen molar-refractivity contribution < 1.29 is 8.78 Å². The van der Waals surface area contributed by atoms with Crippen molar-refractivity contribution in [1.29, 1.82) is 0 Å². The Morgan fingerprint density at radius 2 is 1.83 bits per heavy atom. The van der Waals surface area contributed by atoms with E-state index in [4.69, 9.17) is 17.3 Å². The minimum atomic E-state index is -0.643. The van der Waals surface area contributed by atoms with Crippen molar-refractivity contribution in [2.75, 3.05) is 0 Å². The van der Waals surface area contributed by atoms with Crippen LogP contribution in [0.25, 0.3) is 0 Å². The van der Waals surface area contributed by atoms with Crippen LogP contribution >= 0.6 is 11.6 Å². The second-order valence-electron chi connectivity index (χ2n) is 4.15. The summed E-state index contributed by atoms with van der Waals surface area (Å²) in [5.41, 5.74) is 7.85. The van der Waals surface area contributed by atoms with Crippen LogP contribution in [-0.4, -0.2) is 0 Å². The molecule has 4 heteroatoms. The highest BCUT2D eigenvalue weighted by Gasteiger charge is 2.14. The lowest BCUT2D eigenvalue weighted by atomic mass is 9.98. The maximum atomic E-state index is 13.6. The average Bonchev–Trinajstić information content (AvgIpc) is 2.32. The molecule has 0 fully saturated rings. The summed E-state index contributed by atoms with van der Waals surface area (Å²) < 4.78 is 26.5. The van der Waals surface area contributed by atoms with Crippen LogP contribution in [0.15, 0.2) is 36.4 Å². The van der Waals surface area contributed by atoms with Crippen LogP contribution in [0.2, 0.25) is 5.02 Å². The second kappa shape index (κ2) is 5.04. The molecule has 1 unspecified atom stereocenters. The minimum absolute atomic E-state index is 0.262. The first-order chi connectivity index (χ1) is 8.49. The van der Waals surface area contributed by atoms with Gasteiger partial charge in [0.05, 0.1) is 6.04 Å². The van der Waals surface area contributed by atoms with Crippen LogP contribution in [0, 0.1) is 18.6 Å².